The Hall–Kier alpha value is -1.46. The summed E-state index contributed by atoms with van der Waals surface area (Å²) in [5.74, 6) is 1.10. The molecule has 3 aliphatic rings. The van der Waals surface area contributed by atoms with Crippen molar-refractivity contribution in [1.82, 2.24) is 14.8 Å². The first kappa shape index (κ1) is 15.1. The number of hydrogen-bond acceptors (Lipinski definition) is 4. The number of amides is 1. The topological polar surface area (TPSA) is 45.7 Å². The quantitative estimate of drug-likeness (QED) is 0.849. The van der Waals surface area contributed by atoms with Gasteiger partial charge in [-0.2, -0.15) is 0 Å². The molecule has 1 aromatic heterocycles. The zero-order valence-electron chi connectivity index (χ0n) is 13.6. The van der Waals surface area contributed by atoms with E-state index in [4.69, 9.17) is 4.74 Å². The van der Waals surface area contributed by atoms with Gasteiger partial charge in [0.1, 0.15) is 0 Å². The first-order valence-electron chi connectivity index (χ1n) is 8.81. The molecule has 3 saturated heterocycles. The van der Waals surface area contributed by atoms with Crippen molar-refractivity contribution in [1.29, 1.82) is 0 Å². The molecule has 5 heteroatoms. The molecule has 0 aliphatic carbocycles. The number of fused-ring (bicyclic) bond motifs is 1. The lowest BCUT2D eigenvalue weighted by Crippen LogP contribution is -2.44. The highest BCUT2D eigenvalue weighted by Gasteiger charge is 2.44. The van der Waals surface area contributed by atoms with Gasteiger partial charge in [0.2, 0.25) is 5.91 Å². The van der Waals surface area contributed by atoms with Crippen LogP contribution in [-0.2, 0) is 16.1 Å². The molecule has 4 heterocycles. The zero-order chi connectivity index (χ0) is 15.6. The second-order valence-electron chi connectivity index (χ2n) is 7.07. The van der Waals surface area contributed by atoms with Gasteiger partial charge in [0.15, 0.2) is 0 Å². The predicted molar refractivity (Wildman–Crippen MR) is 86.7 cm³/mol. The van der Waals surface area contributed by atoms with Gasteiger partial charge in [-0.15, -0.1) is 0 Å². The molecule has 0 unspecified atom stereocenters. The lowest BCUT2D eigenvalue weighted by Gasteiger charge is -2.34. The molecule has 1 aromatic rings. The molecule has 0 aromatic carbocycles. The molecule has 3 aliphatic heterocycles. The standard InChI is InChI=1S/C18H25N3O2/c22-18-17-13-21(16-4-8-23-9-5-16)12-15(17)3-7-20(18)11-14-2-1-6-19-10-14/h1-2,6,10,15-17H,3-5,7-9,11-13H2/t15-,17-/m1/s1. The molecule has 23 heavy (non-hydrogen) atoms. The van der Waals surface area contributed by atoms with Crippen LogP contribution in [0.3, 0.4) is 0 Å². The molecular weight excluding hydrogens is 290 g/mol. The Morgan fingerprint density at radius 2 is 2.09 bits per heavy atom. The lowest BCUT2D eigenvalue weighted by molar-refractivity contribution is -0.140. The Morgan fingerprint density at radius 1 is 1.22 bits per heavy atom. The van der Waals surface area contributed by atoms with Gasteiger partial charge >= 0.3 is 0 Å². The highest BCUT2D eigenvalue weighted by Crippen LogP contribution is 2.35. The van der Waals surface area contributed by atoms with E-state index in [1.54, 1.807) is 6.20 Å². The SMILES string of the molecule is O=C1[C@@H]2CN(C3CCOCC3)C[C@H]2CCN1Cc1cccnc1. The Balaban J connectivity index is 1.40. The van der Waals surface area contributed by atoms with Crippen molar-refractivity contribution in [3.05, 3.63) is 30.1 Å². The smallest absolute Gasteiger partial charge is 0.227 e. The van der Waals surface area contributed by atoms with E-state index < -0.39 is 0 Å². The molecule has 3 fully saturated rings. The third kappa shape index (κ3) is 3.12. The molecule has 1 amide bonds. The minimum Gasteiger partial charge on any atom is -0.381 e. The maximum atomic E-state index is 12.9. The summed E-state index contributed by atoms with van der Waals surface area (Å²) in [6.07, 6.45) is 7.01. The second kappa shape index (κ2) is 6.57. The van der Waals surface area contributed by atoms with Gasteiger partial charge in [0.05, 0.1) is 5.92 Å². The number of rotatable bonds is 3. The molecule has 0 radical (unpaired) electrons. The molecule has 4 rings (SSSR count). The van der Waals surface area contributed by atoms with Crippen molar-refractivity contribution in [2.45, 2.75) is 31.8 Å². The highest BCUT2D eigenvalue weighted by molar-refractivity contribution is 5.80. The fourth-order valence-corrected chi connectivity index (χ4v) is 4.36. The van der Waals surface area contributed by atoms with Crippen molar-refractivity contribution < 1.29 is 9.53 Å². The van der Waals surface area contributed by atoms with Crippen molar-refractivity contribution in [3.63, 3.8) is 0 Å². The van der Waals surface area contributed by atoms with E-state index in [0.29, 0.717) is 24.4 Å². The predicted octanol–water partition coefficient (Wildman–Crippen LogP) is 1.54. The van der Waals surface area contributed by atoms with Crippen LogP contribution >= 0.6 is 0 Å². The van der Waals surface area contributed by atoms with Gasteiger partial charge < -0.3 is 9.64 Å². The molecule has 0 saturated carbocycles. The Labute approximate surface area is 137 Å². The van der Waals surface area contributed by atoms with E-state index in [-0.39, 0.29) is 5.92 Å². The average Bonchev–Trinajstić information content (AvgIpc) is 3.04. The Morgan fingerprint density at radius 3 is 2.87 bits per heavy atom. The van der Waals surface area contributed by atoms with Crippen molar-refractivity contribution >= 4 is 5.91 Å². The number of hydrogen-bond donors (Lipinski definition) is 0. The maximum Gasteiger partial charge on any atom is 0.227 e. The Bertz CT molecular complexity index is 544. The molecule has 0 bridgehead atoms. The number of nitrogens with zero attached hydrogens (tertiary/aromatic N) is 3. The van der Waals surface area contributed by atoms with Crippen LogP contribution < -0.4 is 0 Å². The van der Waals surface area contributed by atoms with E-state index in [0.717, 1.165) is 57.7 Å². The number of ether oxygens (including phenoxy) is 1. The van der Waals surface area contributed by atoms with Crippen LogP contribution in [-0.4, -0.2) is 59.6 Å². The molecular formula is C18H25N3O2. The lowest BCUT2D eigenvalue weighted by atomic mass is 9.88. The van der Waals surface area contributed by atoms with Crippen LogP contribution in [0.15, 0.2) is 24.5 Å². The van der Waals surface area contributed by atoms with Gasteiger partial charge in [0, 0.05) is 57.8 Å². The van der Waals surface area contributed by atoms with Gasteiger partial charge in [-0.1, -0.05) is 6.07 Å². The van der Waals surface area contributed by atoms with Crippen molar-refractivity contribution in [2.75, 3.05) is 32.8 Å². The van der Waals surface area contributed by atoms with Gasteiger partial charge in [-0.05, 0) is 36.8 Å². The van der Waals surface area contributed by atoms with Crippen LogP contribution in [0, 0.1) is 11.8 Å². The van der Waals surface area contributed by atoms with Crippen LogP contribution in [0.1, 0.15) is 24.8 Å². The van der Waals surface area contributed by atoms with E-state index in [1.807, 2.05) is 17.2 Å². The molecule has 0 N–H and O–H groups in total. The number of likely N-dealkylation sites (tertiary alicyclic amines) is 2. The zero-order valence-corrected chi connectivity index (χ0v) is 13.6. The van der Waals surface area contributed by atoms with E-state index in [2.05, 4.69) is 16.0 Å². The number of carbonyl (C=O) groups excluding carboxylic acids is 1. The Kier molecular flexibility index (Phi) is 4.31. The highest BCUT2D eigenvalue weighted by atomic mass is 16.5. The minimum atomic E-state index is 0.197. The summed E-state index contributed by atoms with van der Waals surface area (Å²) in [4.78, 5) is 21.6. The fraction of sp³-hybridized carbons (Fsp3) is 0.667. The summed E-state index contributed by atoms with van der Waals surface area (Å²) < 4.78 is 5.47. The van der Waals surface area contributed by atoms with E-state index in [1.165, 1.54) is 0 Å². The van der Waals surface area contributed by atoms with Crippen LogP contribution in [0.5, 0.6) is 0 Å². The maximum absolute atomic E-state index is 12.9. The van der Waals surface area contributed by atoms with Crippen molar-refractivity contribution in [2.24, 2.45) is 11.8 Å². The second-order valence-corrected chi connectivity index (χ2v) is 7.07. The van der Waals surface area contributed by atoms with Crippen LogP contribution in [0.4, 0.5) is 0 Å². The monoisotopic (exact) mass is 315 g/mol. The third-order valence-corrected chi connectivity index (χ3v) is 5.67. The first-order valence-corrected chi connectivity index (χ1v) is 8.81. The minimum absolute atomic E-state index is 0.197. The fourth-order valence-electron chi connectivity index (χ4n) is 4.36. The molecule has 124 valence electrons. The summed E-state index contributed by atoms with van der Waals surface area (Å²) in [7, 11) is 0. The average molecular weight is 315 g/mol. The summed E-state index contributed by atoms with van der Waals surface area (Å²) >= 11 is 0. The summed E-state index contributed by atoms with van der Waals surface area (Å²) in [5.41, 5.74) is 1.12. The van der Waals surface area contributed by atoms with Crippen LogP contribution in [0.25, 0.3) is 0 Å². The third-order valence-electron chi connectivity index (χ3n) is 5.67. The number of piperidine rings is 1. The normalized spacial score (nSPS) is 29.7. The summed E-state index contributed by atoms with van der Waals surface area (Å²) in [6.45, 7) is 5.37. The van der Waals surface area contributed by atoms with Gasteiger partial charge in [0.25, 0.3) is 0 Å². The number of aromatic nitrogens is 1. The molecule has 5 nitrogen and oxygen atoms in total. The summed E-state index contributed by atoms with van der Waals surface area (Å²) in [6, 6.07) is 4.61. The number of carbonyl (C=O) groups is 1. The summed E-state index contributed by atoms with van der Waals surface area (Å²) in [5, 5.41) is 0. The van der Waals surface area contributed by atoms with Crippen LogP contribution in [0.2, 0.25) is 0 Å². The van der Waals surface area contributed by atoms with Gasteiger partial charge in [-0.25, -0.2) is 0 Å². The van der Waals surface area contributed by atoms with Gasteiger partial charge in [-0.3, -0.25) is 14.7 Å². The van der Waals surface area contributed by atoms with E-state index >= 15 is 0 Å². The molecule has 2 atom stereocenters. The van der Waals surface area contributed by atoms with E-state index in [9.17, 15) is 4.79 Å². The van der Waals surface area contributed by atoms with Crippen molar-refractivity contribution in [3.8, 4) is 0 Å². The molecule has 0 spiro atoms. The number of pyridine rings is 1. The first-order chi connectivity index (χ1) is 11.3. The largest absolute Gasteiger partial charge is 0.381 e.